The molecule has 1 aromatic carbocycles. The molecule has 9 nitrogen and oxygen atoms in total. The standard InChI is InChI=1S/C20H26N4O5S/c1-23(2)14-15-6-7-21-19(12-15)22-20(25)17-13-16(4-5-18(17)28-3)30(26,27)24-8-10-29-11-9-24/h4-7,12-13H,8-11,14H2,1-3H3,(H,21,22,25). The topological polar surface area (TPSA) is 101 Å². The van der Waals surface area contributed by atoms with Crippen LogP contribution in [-0.4, -0.2) is 76.0 Å². The number of hydrogen-bond donors (Lipinski definition) is 1. The number of hydrogen-bond acceptors (Lipinski definition) is 7. The number of morpholine rings is 1. The minimum atomic E-state index is -3.74. The first-order valence-corrected chi connectivity index (χ1v) is 10.9. The molecular formula is C20H26N4O5S. The van der Waals surface area contributed by atoms with E-state index in [9.17, 15) is 13.2 Å². The van der Waals surface area contributed by atoms with Crippen LogP contribution in [0, 0.1) is 0 Å². The van der Waals surface area contributed by atoms with Gasteiger partial charge in [-0.15, -0.1) is 0 Å². The Balaban J connectivity index is 1.87. The maximum atomic E-state index is 12.9. The summed E-state index contributed by atoms with van der Waals surface area (Å²) in [5, 5.41) is 2.73. The predicted molar refractivity (Wildman–Crippen MR) is 112 cm³/mol. The fourth-order valence-electron chi connectivity index (χ4n) is 3.15. The largest absolute Gasteiger partial charge is 0.496 e. The molecule has 0 radical (unpaired) electrons. The number of ether oxygens (including phenoxy) is 2. The van der Waals surface area contributed by atoms with Gasteiger partial charge in [-0.2, -0.15) is 4.31 Å². The predicted octanol–water partition coefficient (Wildman–Crippen LogP) is 1.42. The lowest BCUT2D eigenvalue weighted by atomic mass is 10.2. The minimum Gasteiger partial charge on any atom is -0.496 e. The van der Waals surface area contributed by atoms with Crippen LogP contribution >= 0.6 is 0 Å². The van der Waals surface area contributed by atoms with Crippen LogP contribution in [0.1, 0.15) is 15.9 Å². The Labute approximate surface area is 176 Å². The van der Waals surface area contributed by atoms with Crippen LogP contribution in [0.25, 0.3) is 0 Å². The molecule has 1 aromatic heterocycles. The molecule has 1 aliphatic heterocycles. The van der Waals surface area contributed by atoms with E-state index in [0.717, 1.165) is 5.56 Å². The fourth-order valence-corrected chi connectivity index (χ4v) is 4.59. The van der Waals surface area contributed by atoms with Gasteiger partial charge >= 0.3 is 0 Å². The Hall–Kier alpha value is -2.53. The van der Waals surface area contributed by atoms with Gasteiger partial charge in [0, 0.05) is 25.8 Å². The van der Waals surface area contributed by atoms with Crippen molar-refractivity contribution in [3.05, 3.63) is 47.7 Å². The van der Waals surface area contributed by atoms with Crippen LogP contribution in [0.3, 0.4) is 0 Å². The molecule has 3 rings (SSSR count). The van der Waals surface area contributed by atoms with Crippen molar-refractivity contribution in [1.29, 1.82) is 0 Å². The monoisotopic (exact) mass is 434 g/mol. The quantitative estimate of drug-likeness (QED) is 0.703. The molecule has 1 aliphatic rings. The number of pyridine rings is 1. The third kappa shape index (κ3) is 5.14. The van der Waals surface area contributed by atoms with Crippen LogP contribution < -0.4 is 10.1 Å². The second-order valence-corrected chi connectivity index (χ2v) is 9.06. The van der Waals surface area contributed by atoms with Gasteiger partial charge in [-0.3, -0.25) is 4.79 Å². The number of methoxy groups -OCH3 is 1. The highest BCUT2D eigenvalue weighted by Gasteiger charge is 2.28. The first kappa shape index (κ1) is 22.2. The van der Waals surface area contributed by atoms with Crippen LogP contribution in [0.5, 0.6) is 5.75 Å². The van der Waals surface area contributed by atoms with E-state index in [1.54, 1.807) is 12.3 Å². The molecule has 0 atom stereocenters. The summed E-state index contributed by atoms with van der Waals surface area (Å²) in [6.45, 7) is 1.94. The first-order valence-electron chi connectivity index (χ1n) is 9.48. The third-order valence-electron chi connectivity index (χ3n) is 4.59. The van der Waals surface area contributed by atoms with Crippen molar-refractivity contribution in [1.82, 2.24) is 14.2 Å². The number of benzene rings is 1. The van der Waals surface area contributed by atoms with Crippen molar-refractivity contribution in [2.24, 2.45) is 0 Å². The van der Waals surface area contributed by atoms with Crippen LogP contribution in [0.15, 0.2) is 41.4 Å². The molecule has 30 heavy (non-hydrogen) atoms. The van der Waals surface area contributed by atoms with Crippen LogP contribution in [0.4, 0.5) is 5.82 Å². The van der Waals surface area contributed by atoms with Gasteiger partial charge in [-0.25, -0.2) is 13.4 Å². The summed E-state index contributed by atoms with van der Waals surface area (Å²) in [6.07, 6.45) is 1.62. The molecule has 0 spiro atoms. The summed E-state index contributed by atoms with van der Waals surface area (Å²) in [7, 11) is 1.59. The molecule has 0 aliphatic carbocycles. The second-order valence-electron chi connectivity index (χ2n) is 7.12. The Morgan fingerprint density at radius 1 is 1.23 bits per heavy atom. The van der Waals surface area contributed by atoms with E-state index in [1.807, 2.05) is 25.1 Å². The molecule has 162 valence electrons. The zero-order valence-electron chi connectivity index (χ0n) is 17.3. The van der Waals surface area contributed by atoms with Crippen LogP contribution in [0.2, 0.25) is 0 Å². The lowest BCUT2D eigenvalue weighted by molar-refractivity contribution is 0.0730. The zero-order chi connectivity index (χ0) is 21.7. The van der Waals surface area contributed by atoms with E-state index in [2.05, 4.69) is 10.3 Å². The van der Waals surface area contributed by atoms with Crippen molar-refractivity contribution >= 4 is 21.7 Å². The number of sulfonamides is 1. The number of rotatable bonds is 7. The molecule has 1 saturated heterocycles. The fraction of sp³-hybridized carbons (Fsp3) is 0.400. The molecule has 0 bridgehead atoms. The van der Waals surface area contributed by atoms with Gasteiger partial charge in [0.25, 0.3) is 5.91 Å². The minimum absolute atomic E-state index is 0.0321. The Morgan fingerprint density at radius 2 is 1.97 bits per heavy atom. The van der Waals surface area contributed by atoms with Gasteiger partial charge in [-0.05, 0) is 50.0 Å². The van der Waals surface area contributed by atoms with Crippen molar-refractivity contribution in [3.8, 4) is 5.75 Å². The summed E-state index contributed by atoms with van der Waals surface area (Å²) in [5.41, 5.74) is 1.10. The van der Waals surface area contributed by atoms with Gasteiger partial charge in [0.15, 0.2) is 0 Å². The lowest BCUT2D eigenvalue weighted by Crippen LogP contribution is -2.40. The van der Waals surface area contributed by atoms with E-state index in [4.69, 9.17) is 9.47 Å². The molecule has 10 heteroatoms. The Morgan fingerprint density at radius 3 is 2.63 bits per heavy atom. The van der Waals surface area contributed by atoms with Crippen LogP contribution in [-0.2, 0) is 21.3 Å². The van der Waals surface area contributed by atoms with Gasteiger partial charge < -0.3 is 19.7 Å². The van der Waals surface area contributed by atoms with E-state index < -0.39 is 15.9 Å². The van der Waals surface area contributed by atoms with Gasteiger partial charge in [0.1, 0.15) is 11.6 Å². The summed E-state index contributed by atoms with van der Waals surface area (Å²) in [5.74, 6) is 0.154. The molecule has 2 heterocycles. The number of carbonyl (C=O) groups excluding carboxylic acids is 1. The smallest absolute Gasteiger partial charge is 0.260 e. The van der Waals surface area contributed by atoms with Gasteiger partial charge in [-0.1, -0.05) is 0 Å². The third-order valence-corrected chi connectivity index (χ3v) is 6.48. The number of anilines is 1. The Kier molecular flexibility index (Phi) is 7.03. The summed E-state index contributed by atoms with van der Waals surface area (Å²) < 4.78 is 37.8. The molecule has 0 saturated carbocycles. The lowest BCUT2D eigenvalue weighted by Gasteiger charge is -2.26. The Bertz CT molecular complexity index is 1000. The van der Waals surface area contributed by atoms with Crippen molar-refractivity contribution < 1.29 is 22.7 Å². The summed E-state index contributed by atoms with van der Waals surface area (Å²) in [6, 6.07) is 7.90. The van der Waals surface area contributed by atoms with Gasteiger partial charge in [0.05, 0.1) is 30.8 Å². The number of aromatic nitrogens is 1. The van der Waals surface area contributed by atoms with Crippen molar-refractivity contribution in [2.75, 3.05) is 52.8 Å². The summed E-state index contributed by atoms with van der Waals surface area (Å²) in [4.78, 5) is 19.1. The number of nitrogens with zero attached hydrogens (tertiary/aromatic N) is 3. The normalized spacial score (nSPS) is 15.2. The van der Waals surface area contributed by atoms with Crippen molar-refractivity contribution in [3.63, 3.8) is 0 Å². The number of amides is 1. The maximum absolute atomic E-state index is 12.9. The maximum Gasteiger partial charge on any atom is 0.260 e. The SMILES string of the molecule is COc1ccc(S(=O)(=O)N2CCOCC2)cc1C(=O)Nc1cc(CN(C)C)ccn1. The summed E-state index contributed by atoms with van der Waals surface area (Å²) >= 11 is 0. The molecule has 1 N–H and O–H groups in total. The number of carbonyl (C=O) groups is 1. The highest BCUT2D eigenvalue weighted by atomic mass is 32.2. The molecular weight excluding hydrogens is 408 g/mol. The zero-order valence-corrected chi connectivity index (χ0v) is 18.1. The highest BCUT2D eigenvalue weighted by Crippen LogP contribution is 2.26. The van der Waals surface area contributed by atoms with E-state index in [1.165, 1.54) is 29.6 Å². The molecule has 1 fully saturated rings. The van der Waals surface area contributed by atoms with Gasteiger partial charge in [0.2, 0.25) is 10.0 Å². The second kappa shape index (κ2) is 9.52. The van der Waals surface area contributed by atoms with Crippen molar-refractivity contribution in [2.45, 2.75) is 11.4 Å². The first-order chi connectivity index (χ1) is 14.3. The van der Waals surface area contributed by atoms with E-state index in [-0.39, 0.29) is 29.3 Å². The van der Waals surface area contributed by atoms with E-state index >= 15 is 0 Å². The molecule has 1 amide bonds. The average molecular weight is 435 g/mol. The molecule has 0 unspecified atom stereocenters. The highest BCUT2D eigenvalue weighted by molar-refractivity contribution is 7.89. The molecule has 2 aromatic rings. The average Bonchev–Trinajstić information content (AvgIpc) is 2.73. The number of nitrogens with one attached hydrogen (secondary N) is 1. The van der Waals surface area contributed by atoms with E-state index in [0.29, 0.717) is 25.6 Å².